The molecule has 2 N–H and O–H groups in total. The van der Waals surface area contributed by atoms with Crippen LogP contribution in [0.1, 0.15) is 10.4 Å². The van der Waals surface area contributed by atoms with Gasteiger partial charge in [-0.05, 0) is 29.8 Å². The van der Waals surface area contributed by atoms with Crippen molar-refractivity contribution in [1.29, 1.82) is 0 Å². The molecule has 0 saturated heterocycles. The molecule has 0 aromatic heterocycles. The summed E-state index contributed by atoms with van der Waals surface area (Å²) in [6.45, 7) is 0. The molecule has 3 nitrogen and oxygen atoms in total. The number of ether oxygens (including phenoxy) is 1. The molecule has 0 radical (unpaired) electrons. The molecule has 19 heavy (non-hydrogen) atoms. The van der Waals surface area contributed by atoms with Gasteiger partial charge in [0.05, 0.1) is 7.11 Å². The Morgan fingerprint density at radius 3 is 2.58 bits per heavy atom. The van der Waals surface area contributed by atoms with Gasteiger partial charge in [0.15, 0.2) is 0 Å². The van der Waals surface area contributed by atoms with Crippen molar-refractivity contribution in [3.05, 3.63) is 53.6 Å². The monoisotopic (exact) mass is 263 g/mol. The van der Waals surface area contributed by atoms with Crippen LogP contribution in [0.3, 0.4) is 0 Å². The maximum atomic E-state index is 14.3. The van der Waals surface area contributed by atoms with E-state index in [1.807, 2.05) is 0 Å². The Kier molecular flexibility index (Phi) is 3.46. The molecule has 0 saturated carbocycles. The third-order valence-electron chi connectivity index (χ3n) is 2.70. The first-order valence-electron chi connectivity index (χ1n) is 5.47. The van der Waals surface area contributed by atoms with Gasteiger partial charge in [0.25, 0.3) is 0 Å². The molecule has 0 amide bonds. The molecule has 0 spiro atoms. The number of rotatable bonds is 2. The average Bonchev–Trinajstić information content (AvgIpc) is 2.38. The van der Waals surface area contributed by atoms with Crippen molar-refractivity contribution in [2.75, 3.05) is 12.8 Å². The van der Waals surface area contributed by atoms with Crippen LogP contribution in [0.25, 0.3) is 11.1 Å². The Morgan fingerprint density at radius 2 is 1.95 bits per heavy atom. The van der Waals surface area contributed by atoms with Crippen LogP contribution in [-0.2, 0) is 4.74 Å². The molecular weight excluding hydrogens is 252 g/mol. The Bertz CT molecular complexity index is 641. The molecule has 0 bridgehead atoms. The number of nitrogens with two attached hydrogens (primary N) is 1. The third-order valence-corrected chi connectivity index (χ3v) is 2.70. The summed E-state index contributed by atoms with van der Waals surface area (Å²) in [5.41, 5.74) is 5.61. The van der Waals surface area contributed by atoms with Crippen LogP contribution in [0, 0.1) is 11.6 Å². The van der Waals surface area contributed by atoms with Crippen LogP contribution >= 0.6 is 0 Å². The zero-order chi connectivity index (χ0) is 14.0. The van der Waals surface area contributed by atoms with Gasteiger partial charge >= 0.3 is 5.97 Å². The first-order valence-corrected chi connectivity index (χ1v) is 5.47. The lowest BCUT2D eigenvalue weighted by molar-refractivity contribution is 0.0597. The number of carbonyl (C=O) groups is 1. The van der Waals surface area contributed by atoms with Crippen molar-refractivity contribution in [1.82, 2.24) is 0 Å². The molecule has 0 unspecified atom stereocenters. The minimum absolute atomic E-state index is 0.0236. The van der Waals surface area contributed by atoms with Gasteiger partial charge in [0.2, 0.25) is 0 Å². The van der Waals surface area contributed by atoms with Crippen LogP contribution in [0.2, 0.25) is 0 Å². The summed E-state index contributed by atoms with van der Waals surface area (Å²) in [6, 6.07) is 8.20. The number of benzene rings is 2. The fourth-order valence-electron chi connectivity index (χ4n) is 1.78. The van der Waals surface area contributed by atoms with Crippen molar-refractivity contribution in [2.45, 2.75) is 0 Å². The number of nitrogen functional groups attached to an aromatic ring is 1. The molecule has 2 rings (SSSR count). The molecule has 0 heterocycles. The first-order chi connectivity index (χ1) is 9.04. The average molecular weight is 263 g/mol. The zero-order valence-electron chi connectivity index (χ0n) is 10.1. The standard InChI is InChI=1S/C14H11F2NO2/c1-19-14(18)12-11(17)6-5-10(13(12)16)8-3-2-4-9(15)7-8/h2-7H,17H2,1H3. The highest BCUT2D eigenvalue weighted by Gasteiger charge is 2.20. The van der Waals surface area contributed by atoms with Crippen molar-refractivity contribution < 1.29 is 18.3 Å². The van der Waals surface area contributed by atoms with Gasteiger partial charge in [-0.25, -0.2) is 13.6 Å². The molecular formula is C14H11F2NO2. The number of esters is 1. The van der Waals surface area contributed by atoms with Crippen LogP contribution < -0.4 is 5.73 Å². The lowest BCUT2D eigenvalue weighted by atomic mass is 10.0. The van der Waals surface area contributed by atoms with Crippen LogP contribution in [0.5, 0.6) is 0 Å². The highest BCUT2D eigenvalue weighted by Crippen LogP contribution is 2.29. The highest BCUT2D eigenvalue weighted by molar-refractivity contribution is 5.97. The lowest BCUT2D eigenvalue weighted by Gasteiger charge is -2.10. The van der Waals surface area contributed by atoms with Gasteiger partial charge in [0, 0.05) is 11.3 Å². The number of hydrogen-bond acceptors (Lipinski definition) is 3. The third kappa shape index (κ3) is 2.40. The highest BCUT2D eigenvalue weighted by atomic mass is 19.1. The van der Waals surface area contributed by atoms with Gasteiger partial charge in [0.1, 0.15) is 17.2 Å². The van der Waals surface area contributed by atoms with Gasteiger partial charge < -0.3 is 10.5 Å². The van der Waals surface area contributed by atoms with Crippen molar-refractivity contribution >= 4 is 11.7 Å². The van der Waals surface area contributed by atoms with Crippen molar-refractivity contribution in [3.63, 3.8) is 0 Å². The van der Waals surface area contributed by atoms with E-state index in [1.165, 1.54) is 30.3 Å². The SMILES string of the molecule is COC(=O)c1c(N)ccc(-c2cccc(F)c2)c1F. The van der Waals surface area contributed by atoms with E-state index in [2.05, 4.69) is 4.74 Å². The summed E-state index contributed by atoms with van der Waals surface area (Å²) in [6.07, 6.45) is 0. The van der Waals surface area contributed by atoms with E-state index in [4.69, 9.17) is 5.73 Å². The van der Waals surface area contributed by atoms with E-state index in [1.54, 1.807) is 6.07 Å². The Morgan fingerprint density at radius 1 is 1.21 bits per heavy atom. The smallest absolute Gasteiger partial charge is 0.342 e. The Hall–Kier alpha value is -2.43. The summed E-state index contributed by atoms with van der Waals surface area (Å²) < 4.78 is 31.9. The van der Waals surface area contributed by atoms with Crippen LogP contribution in [-0.4, -0.2) is 13.1 Å². The largest absolute Gasteiger partial charge is 0.465 e. The summed E-state index contributed by atoms with van der Waals surface area (Å²) >= 11 is 0. The maximum Gasteiger partial charge on any atom is 0.342 e. The van der Waals surface area contributed by atoms with Crippen molar-refractivity contribution in [3.8, 4) is 11.1 Å². The van der Waals surface area contributed by atoms with E-state index in [9.17, 15) is 13.6 Å². The summed E-state index contributed by atoms with van der Waals surface area (Å²) in [5, 5.41) is 0. The normalized spacial score (nSPS) is 10.3. The fraction of sp³-hybridized carbons (Fsp3) is 0.0714. The minimum atomic E-state index is -0.867. The first kappa shape index (κ1) is 13.0. The van der Waals surface area contributed by atoms with Crippen LogP contribution in [0.15, 0.2) is 36.4 Å². The fourth-order valence-corrected chi connectivity index (χ4v) is 1.78. The zero-order valence-corrected chi connectivity index (χ0v) is 10.1. The Balaban J connectivity index is 2.63. The quantitative estimate of drug-likeness (QED) is 0.669. The van der Waals surface area contributed by atoms with Gasteiger partial charge in [-0.2, -0.15) is 0 Å². The van der Waals surface area contributed by atoms with Gasteiger partial charge in [-0.15, -0.1) is 0 Å². The van der Waals surface area contributed by atoms with Crippen molar-refractivity contribution in [2.24, 2.45) is 0 Å². The molecule has 0 fully saturated rings. The number of halogens is 2. The van der Waals surface area contributed by atoms with E-state index < -0.39 is 17.6 Å². The number of anilines is 1. The van der Waals surface area contributed by atoms with E-state index in [0.29, 0.717) is 5.56 Å². The second-order valence-corrected chi connectivity index (χ2v) is 3.89. The second-order valence-electron chi connectivity index (χ2n) is 3.89. The molecule has 2 aromatic carbocycles. The minimum Gasteiger partial charge on any atom is -0.465 e. The van der Waals surface area contributed by atoms with E-state index in [-0.39, 0.29) is 16.8 Å². The molecule has 0 atom stereocenters. The molecule has 98 valence electrons. The van der Waals surface area contributed by atoms with E-state index in [0.717, 1.165) is 7.11 Å². The Labute approximate surface area is 108 Å². The topological polar surface area (TPSA) is 52.3 Å². The maximum absolute atomic E-state index is 14.3. The lowest BCUT2D eigenvalue weighted by Crippen LogP contribution is -2.09. The number of carbonyl (C=O) groups excluding carboxylic acids is 1. The van der Waals surface area contributed by atoms with Crippen LogP contribution in [0.4, 0.5) is 14.5 Å². The predicted octanol–water partition coefficient (Wildman–Crippen LogP) is 3.00. The number of methoxy groups -OCH3 is 1. The molecule has 0 aliphatic rings. The number of hydrogen-bond donors (Lipinski definition) is 1. The molecule has 5 heteroatoms. The van der Waals surface area contributed by atoms with Gasteiger partial charge in [-0.1, -0.05) is 12.1 Å². The summed E-state index contributed by atoms with van der Waals surface area (Å²) in [5.74, 6) is -2.18. The molecule has 2 aromatic rings. The predicted molar refractivity (Wildman–Crippen MR) is 67.5 cm³/mol. The van der Waals surface area contributed by atoms with Gasteiger partial charge in [-0.3, -0.25) is 0 Å². The second kappa shape index (κ2) is 5.06. The molecule has 0 aliphatic carbocycles. The summed E-state index contributed by atoms with van der Waals surface area (Å²) in [7, 11) is 1.13. The summed E-state index contributed by atoms with van der Waals surface area (Å²) in [4.78, 5) is 11.5. The molecule has 0 aliphatic heterocycles. The van der Waals surface area contributed by atoms with E-state index >= 15 is 0 Å².